The van der Waals surface area contributed by atoms with Crippen LogP contribution in [0.15, 0.2) is 85.3 Å². The van der Waals surface area contributed by atoms with Crippen LogP contribution in [0.4, 0.5) is 22.0 Å². The van der Waals surface area contributed by atoms with Crippen LogP contribution in [-0.4, -0.2) is 30.3 Å². The topological polar surface area (TPSA) is 86.0 Å². The first kappa shape index (κ1) is 29.6. The Morgan fingerprint density at radius 3 is 2.28 bits per heavy atom. The van der Waals surface area contributed by atoms with Crippen molar-refractivity contribution in [3.63, 3.8) is 0 Å². The number of aromatic nitrogens is 5. The molecule has 2 heterocycles. The molecular weight excluding hydrogens is 593 g/mol. The van der Waals surface area contributed by atoms with E-state index >= 15 is 8.78 Å². The van der Waals surface area contributed by atoms with Gasteiger partial charge in [-0.3, -0.25) is 4.98 Å². The van der Waals surface area contributed by atoms with Crippen molar-refractivity contribution in [2.24, 2.45) is 0 Å². The van der Waals surface area contributed by atoms with Crippen molar-refractivity contribution in [3.8, 4) is 17.6 Å². The Labute approximate surface area is 246 Å². The molecule has 0 spiro atoms. The molecule has 0 saturated heterocycles. The van der Waals surface area contributed by atoms with Crippen molar-refractivity contribution in [2.75, 3.05) is 0 Å². The molecule has 0 radical (unpaired) electrons. The third kappa shape index (κ3) is 6.48. The lowest BCUT2D eigenvalue weighted by Crippen LogP contribution is -2.48. The second-order valence-corrected chi connectivity index (χ2v) is 9.72. The summed E-state index contributed by atoms with van der Waals surface area (Å²) in [4.78, 5) is 3.79. The normalized spacial score (nSPS) is 12.7. The lowest BCUT2D eigenvalue weighted by molar-refractivity contribution is -0.207. The highest BCUT2D eigenvalue weighted by atomic mass is 35.5. The summed E-state index contributed by atoms with van der Waals surface area (Å²) in [5, 5.41) is 21.4. The van der Waals surface area contributed by atoms with Gasteiger partial charge in [-0.1, -0.05) is 35.6 Å². The molecule has 0 fully saturated rings. The van der Waals surface area contributed by atoms with E-state index in [-0.39, 0.29) is 17.2 Å². The first-order valence-corrected chi connectivity index (χ1v) is 12.8. The fourth-order valence-corrected chi connectivity index (χ4v) is 4.21. The van der Waals surface area contributed by atoms with Gasteiger partial charge in [0.2, 0.25) is 0 Å². The van der Waals surface area contributed by atoms with E-state index in [2.05, 4.69) is 32.4 Å². The maximum absolute atomic E-state index is 15.9. The second kappa shape index (κ2) is 12.2. The van der Waals surface area contributed by atoms with Crippen LogP contribution >= 0.6 is 11.6 Å². The number of benzene rings is 3. The minimum absolute atomic E-state index is 0.00310. The van der Waals surface area contributed by atoms with Gasteiger partial charge in [-0.2, -0.15) is 8.78 Å². The molecular formula is C30H19ClF5N5O2. The molecule has 0 bridgehead atoms. The van der Waals surface area contributed by atoms with Gasteiger partial charge in [-0.15, -0.1) is 5.10 Å². The molecule has 5 rings (SSSR count). The molecule has 5 aromatic rings. The molecule has 2 aromatic heterocycles. The summed E-state index contributed by atoms with van der Waals surface area (Å²) in [5.74, 6) is -1.13. The Balaban J connectivity index is 1.32. The van der Waals surface area contributed by atoms with E-state index in [0.717, 1.165) is 41.0 Å². The highest BCUT2D eigenvalue weighted by Gasteiger charge is 2.58. The van der Waals surface area contributed by atoms with Crippen molar-refractivity contribution in [1.82, 2.24) is 25.2 Å². The Kier molecular flexibility index (Phi) is 8.38. The zero-order valence-electron chi connectivity index (χ0n) is 21.9. The van der Waals surface area contributed by atoms with Gasteiger partial charge in [-0.25, -0.2) is 17.9 Å². The Bertz CT molecular complexity index is 1790. The van der Waals surface area contributed by atoms with Crippen molar-refractivity contribution in [1.29, 1.82) is 0 Å². The lowest BCUT2D eigenvalue weighted by Gasteiger charge is -2.35. The fraction of sp³-hybridized carbons (Fsp3) is 0.133. The minimum Gasteiger partial charge on any atom is -0.489 e. The van der Waals surface area contributed by atoms with E-state index in [1.54, 1.807) is 30.3 Å². The van der Waals surface area contributed by atoms with Gasteiger partial charge >= 0.3 is 5.92 Å². The number of pyridine rings is 1. The third-order valence-corrected chi connectivity index (χ3v) is 6.67. The summed E-state index contributed by atoms with van der Waals surface area (Å²) in [6, 6.07) is 15.2. The maximum Gasteiger partial charge on any atom is 0.323 e. The molecule has 1 atom stereocenters. The molecule has 218 valence electrons. The number of tetrazole rings is 1. The van der Waals surface area contributed by atoms with Crippen molar-refractivity contribution < 1.29 is 31.8 Å². The molecule has 13 heteroatoms. The van der Waals surface area contributed by atoms with Gasteiger partial charge in [0, 0.05) is 35.0 Å². The largest absolute Gasteiger partial charge is 0.489 e. The van der Waals surface area contributed by atoms with Crippen LogP contribution in [0.25, 0.3) is 0 Å². The Hall–Kier alpha value is -4.86. The number of rotatable bonds is 8. The molecule has 3 aromatic carbocycles. The van der Waals surface area contributed by atoms with E-state index in [0.29, 0.717) is 17.4 Å². The Morgan fingerprint density at radius 2 is 1.63 bits per heavy atom. The zero-order chi connectivity index (χ0) is 30.6. The number of aliphatic hydroxyl groups is 1. The number of nitrogens with zero attached hydrogens (tertiary/aromatic N) is 5. The summed E-state index contributed by atoms with van der Waals surface area (Å²) >= 11 is 5.67. The summed E-state index contributed by atoms with van der Waals surface area (Å²) in [7, 11) is 0. The van der Waals surface area contributed by atoms with Gasteiger partial charge < -0.3 is 9.84 Å². The number of halogens is 6. The highest BCUT2D eigenvalue weighted by Crippen LogP contribution is 2.46. The molecule has 0 aliphatic heterocycles. The third-order valence-electron chi connectivity index (χ3n) is 6.37. The second-order valence-electron chi connectivity index (χ2n) is 9.31. The van der Waals surface area contributed by atoms with E-state index in [1.165, 1.54) is 18.2 Å². The first-order chi connectivity index (χ1) is 20.5. The highest BCUT2D eigenvalue weighted by molar-refractivity contribution is 6.30. The minimum atomic E-state index is -4.18. The predicted molar refractivity (Wildman–Crippen MR) is 144 cm³/mol. The molecule has 1 unspecified atom stereocenters. The zero-order valence-corrected chi connectivity index (χ0v) is 22.6. The Morgan fingerprint density at radius 1 is 0.884 bits per heavy atom. The van der Waals surface area contributed by atoms with Crippen LogP contribution in [-0.2, 0) is 24.7 Å². The van der Waals surface area contributed by atoms with Gasteiger partial charge in [0.25, 0.3) is 0 Å². The maximum atomic E-state index is 15.9. The van der Waals surface area contributed by atoms with Crippen LogP contribution in [0.5, 0.6) is 5.75 Å². The first-order valence-electron chi connectivity index (χ1n) is 12.5. The summed E-state index contributed by atoms with van der Waals surface area (Å²) in [6.07, 6.45) is 2.05. The average molecular weight is 612 g/mol. The van der Waals surface area contributed by atoms with Gasteiger partial charge in [-0.05, 0) is 64.5 Å². The average Bonchev–Trinajstić information content (AvgIpc) is 3.50. The van der Waals surface area contributed by atoms with Crippen molar-refractivity contribution in [3.05, 3.63) is 136 Å². The summed E-state index contributed by atoms with van der Waals surface area (Å²) < 4.78 is 79.8. The van der Waals surface area contributed by atoms with E-state index in [1.807, 2.05) is 0 Å². The molecule has 1 N–H and O–H groups in total. The van der Waals surface area contributed by atoms with E-state index < -0.39 is 46.8 Å². The standard InChI is InChI=1S/C30H19ClF5N5O2/c31-25-11-9-23(14-27(25)34)43-16-21-5-2-19(3-6-21)1-4-20-7-12-28(37-15-20)30(35,36)29(42,17-41-18-38-39-40-41)24-10-8-22(32)13-26(24)33/h2-3,5-15,18,42H,16-17H2. The van der Waals surface area contributed by atoms with Gasteiger partial charge in [0.1, 0.15) is 41.8 Å². The quantitative estimate of drug-likeness (QED) is 0.176. The monoisotopic (exact) mass is 611 g/mol. The SMILES string of the molecule is OC(Cn1cnnn1)(c1ccc(F)cc1F)C(F)(F)c1ccc(C#Cc2ccc(COc3ccc(Cl)c(F)c3)cc2)cn1. The van der Waals surface area contributed by atoms with Crippen molar-refractivity contribution in [2.45, 2.75) is 24.7 Å². The van der Waals surface area contributed by atoms with Crippen LogP contribution < -0.4 is 4.74 Å². The van der Waals surface area contributed by atoms with E-state index in [9.17, 15) is 18.3 Å². The van der Waals surface area contributed by atoms with E-state index in [4.69, 9.17) is 16.3 Å². The lowest BCUT2D eigenvalue weighted by atomic mass is 9.84. The van der Waals surface area contributed by atoms with Crippen LogP contribution in [0.2, 0.25) is 5.02 Å². The fourth-order valence-electron chi connectivity index (χ4n) is 4.09. The number of hydrogen-bond acceptors (Lipinski definition) is 6. The molecule has 0 amide bonds. The molecule has 7 nitrogen and oxygen atoms in total. The predicted octanol–water partition coefficient (Wildman–Crippen LogP) is 5.80. The molecule has 0 aliphatic rings. The number of hydrogen-bond donors (Lipinski definition) is 1. The molecule has 0 saturated carbocycles. The number of alkyl halides is 2. The smallest absolute Gasteiger partial charge is 0.323 e. The molecule has 0 aliphatic carbocycles. The van der Waals surface area contributed by atoms with Gasteiger partial charge in [0.15, 0.2) is 5.60 Å². The van der Waals surface area contributed by atoms with Crippen LogP contribution in [0.3, 0.4) is 0 Å². The number of ether oxygens (including phenoxy) is 1. The van der Waals surface area contributed by atoms with Gasteiger partial charge in [0.05, 0.1) is 11.6 Å². The van der Waals surface area contributed by atoms with Crippen LogP contribution in [0.1, 0.15) is 27.9 Å². The summed E-state index contributed by atoms with van der Waals surface area (Å²) in [5.41, 5.74) is -3.31. The van der Waals surface area contributed by atoms with Crippen LogP contribution in [0, 0.1) is 29.3 Å². The molecule has 43 heavy (non-hydrogen) atoms. The van der Waals surface area contributed by atoms with Crippen molar-refractivity contribution >= 4 is 11.6 Å². The summed E-state index contributed by atoms with van der Waals surface area (Å²) in [6.45, 7) is -0.785.